The van der Waals surface area contributed by atoms with Crippen molar-refractivity contribution in [3.63, 3.8) is 0 Å². The molecular formula is C19H27N3O2. The van der Waals surface area contributed by atoms with Crippen molar-refractivity contribution in [2.45, 2.75) is 33.6 Å². The van der Waals surface area contributed by atoms with Crippen molar-refractivity contribution in [2.75, 3.05) is 20.2 Å². The molecule has 2 aromatic rings. The zero-order valence-electron chi connectivity index (χ0n) is 15.5. The Morgan fingerprint density at radius 3 is 2.54 bits per heavy atom. The van der Waals surface area contributed by atoms with Gasteiger partial charge >= 0.3 is 0 Å². The third-order valence-electron chi connectivity index (χ3n) is 4.52. The summed E-state index contributed by atoms with van der Waals surface area (Å²) in [4.78, 5) is 14.4. The van der Waals surface area contributed by atoms with Crippen LogP contribution in [0.5, 0.6) is 5.75 Å². The predicted octanol–water partition coefficient (Wildman–Crippen LogP) is 2.99. The number of nitrogens with zero attached hydrogens (tertiary/aromatic N) is 3. The van der Waals surface area contributed by atoms with E-state index in [4.69, 9.17) is 4.74 Å². The molecule has 0 unspecified atom stereocenters. The van der Waals surface area contributed by atoms with Crippen molar-refractivity contribution in [3.05, 3.63) is 46.8 Å². The molecule has 2 rings (SSSR count). The summed E-state index contributed by atoms with van der Waals surface area (Å²) in [7, 11) is 3.73. The lowest BCUT2D eigenvalue weighted by Gasteiger charge is -2.22. The molecule has 130 valence electrons. The summed E-state index contributed by atoms with van der Waals surface area (Å²) < 4.78 is 7.61. The van der Waals surface area contributed by atoms with E-state index >= 15 is 0 Å². The predicted molar refractivity (Wildman–Crippen MR) is 95.4 cm³/mol. The van der Waals surface area contributed by atoms with Gasteiger partial charge in [-0.3, -0.25) is 9.48 Å². The van der Waals surface area contributed by atoms with Crippen molar-refractivity contribution in [1.82, 2.24) is 14.7 Å². The molecule has 0 bridgehead atoms. The Morgan fingerprint density at radius 1 is 1.29 bits per heavy atom. The first kappa shape index (κ1) is 18.0. The zero-order valence-corrected chi connectivity index (χ0v) is 15.5. The van der Waals surface area contributed by atoms with E-state index in [0.29, 0.717) is 13.2 Å². The average molecular weight is 329 g/mol. The second kappa shape index (κ2) is 7.51. The molecule has 1 amide bonds. The SMILES string of the molecule is Cc1ccccc1OCCN(C)C(=O)[C@@H](C)c1c(C)nn(C)c1C. The fourth-order valence-corrected chi connectivity index (χ4v) is 2.99. The second-order valence-corrected chi connectivity index (χ2v) is 6.30. The monoisotopic (exact) mass is 329 g/mol. The highest BCUT2D eigenvalue weighted by molar-refractivity contribution is 5.83. The maximum Gasteiger partial charge on any atom is 0.229 e. The van der Waals surface area contributed by atoms with Gasteiger partial charge in [-0.25, -0.2) is 0 Å². The number of likely N-dealkylation sites (N-methyl/N-ethyl adjacent to an activating group) is 1. The summed E-state index contributed by atoms with van der Waals surface area (Å²) in [5.41, 5.74) is 4.08. The number of carbonyl (C=O) groups excluding carboxylic acids is 1. The van der Waals surface area contributed by atoms with Gasteiger partial charge in [0.25, 0.3) is 0 Å². The number of amides is 1. The van der Waals surface area contributed by atoms with Crippen LogP contribution >= 0.6 is 0 Å². The number of benzene rings is 1. The van der Waals surface area contributed by atoms with Crippen LogP contribution in [0.15, 0.2) is 24.3 Å². The molecule has 5 nitrogen and oxygen atoms in total. The number of hydrogen-bond donors (Lipinski definition) is 0. The van der Waals surface area contributed by atoms with Crippen LogP contribution in [0.1, 0.15) is 35.4 Å². The summed E-state index contributed by atoms with van der Waals surface area (Å²) in [6, 6.07) is 7.90. The van der Waals surface area contributed by atoms with E-state index in [-0.39, 0.29) is 11.8 Å². The van der Waals surface area contributed by atoms with Gasteiger partial charge in [0, 0.05) is 25.4 Å². The summed E-state index contributed by atoms with van der Waals surface area (Å²) >= 11 is 0. The molecule has 0 spiro atoms. The third-order valence-corrected chi connectivity index (χ3v) is 4.52. The summed E-state index contributed by atoms with van der Waals surface area (Å²) in [5.74, 6) is 0.745. The Balaban J connectivity index is 1.95. The molecule has 0 saturated carbocycles. The number of rotatable bonds is 6. The molecule has 24 heavy (non-hydrogen) atoms. The van der Waals surface area contributed by atoms with Gasteiger partial charge in [-0.2, -0.15) is 5.10 Å². The topological polar surface area (TPSA) is 47.4 Å². The van der Waals surface area contributed by atoms with Crippen LogP contribution in [0.2, 0.25) is 0 Å². The molecule has 0 aliphatic heterocycles. The lowest BCUT2D eigenvalue weighted by Crippen LogP contribution is -2.34. The van der Waals surface area contributed by atoms with Gasteiger partial charge in [0.1, 0.15) is 12.4 Å². The first-order valence-corrected chi connectivity index (χ1v) is 8.26. The number of hydrogen-bond acceptors (Lipinski definition) is 3. The van der Waals surface area contributed by atoms with E-state index in [1.165, 1.54) is 0 Å². The Hall–Kier alpha value is -2.30. The Kier molecular flexibility index (Phi) is 5.65. The molecule has 0 saturated heterocycles. The van der Waals surface area contributed by atoms with Gasteiger partial charge in [0.05, 0.1) is 18.2 Å². The number of aryl methyl sites for hydroxylation is 3. The first-order valence-electron chi connectivity index (χ1n) is 8.26. The van der Waals surface area contributed by atoms with E-state index in [1.807, 2.05) is 70.7 Å². The molecule has 0 aliphatic rings. The molecule has 0 fully saturated rings. The van der Waals surface area contributed by atoms with E-state index in [1.54, 1.807) is 4.90 Å². The summed E-state index contributed by atoms with van der Waals surface area (Å²) in [6.45, 7) is 8.94. The van der Waals surface area contributed by atoms with Crippen LogP contribution in [-0.2, 0) is 11.8 Å². The summed E-state index contributed by atoms with van der Waals surface area (Å²) in [6.07, 6.45) is 0. The van der Waals surface area contributed by atoms with Crippen molar-refractivity contribution in [2.24, 2.45) is 7.05 Å². The van der Waals surface area contributed by atoms with E-state index in [2.05, 4.69) is 5.10 Å². The summed E-state index contributed by atoms with van der Waals surface area (Å²) in [5, 5.41) is 4.41. The van der Waals surface area contributed by atoms with Crippen molar-refractivity contribution in [3.8, 4) is 5.75 Å². The number of ether oxygens (including phenoxy) is 1. The highest BCUT2D eigenvalue weighted by atomic mass is 16.5. The molecule has 0 radical (unpaired) electrons. The first-order chi connectivity index (χ1) is 11.3. The molecule has 1 heterocycles. The number of para-hydroxylation sites is 1. The van der Waals surface area contributed by atoms with Crippen LogP contribution in [-0.4, -0.2) is 40.8 Å². The van der Waals surface area contributed by atoms with Crippen molar-refractivity contribution < 1.29 is 9.53 Å². The normalized spacial score (nSPS) is 12.1. The Labute approximate surface area is 144 Å². The minimum atomic E-state index is -0.206. The quantitative estimate of drug-likeness (QED) is 0.818. The van der Waals surface area contributed by atoms with Crippen LogP contribution < -0.4 is 4.74 Å². The van der Waals surface area contributed by atoms with Gasteiger partial charge in [-0.05, 0) is 39.3 Å². The lowest BCUT2D eigenvalue weighted by atomic mass is 9.98. The van der Waals surface area contributed by atoms with Crippen molar-refractivity contribution in [1.29, 1.82) is 0 Å². The molecule has 1 atom stereocenters. The fourth-order valence-electron chi connectivity index (χ4n) is 2.99. The standard InChI is InChI=1S/C19H27N3O2/c1-13-9-7-8-10-17(13)24-12-11-21(5)19(23)14(2)18-15(3)20-22(6)16(18)4/h7-10,14H,11-12H2,1-6H3/t14-/m0/s1. The van der Waals surface area contributed by atoms with Gasteiger partial charge in [-0.15, -0.1) is 0 Å². The number of carbonyl (C=O) groups is 1. The van der Waals surface area contributed by atoms with Crippen LogP contribution in [0, 0.1) is 20.8 Å². The number of aromatic nitrogens is 2. The van der Waals surface area contributed by atoms with Gasteiger partial charge in [-0.1, -0.05) is 18.2 Å². The van der Waals surface area contributed by atoms with E-state index in [9.17, 15) is 4.79 Å². The smallest absolute Gasteiger partial charge is 0.229 e. The zero-order chi connectivity index (χ0) is 17.9. The molecule has 1 aromatic carbocycles. The molecule has 1 aromatic heterocycles. The van der Waals surface area contributed by atoms with E-state index in [0.717, 1.165) is 28.3 Å². The molecule has 5 heteroatoms. The molecule has 0 N–H and O–H groups in total. The largest absolute Gasteiger partial charge is 0.491 e. The van der Waals surface area contributed by atoms with E-state index < -0.39 is 0 Å². The van der Waals surface area contributed by atoms with Gasteiger partial charge < -0.3 is 9.64 Å². The van der Waals surface area contributed by atoms with Crippen LogP contribution in [0.25, 0.3) is 0 Å². The van der Waals surface area contributed by atoms with Gasteiger partial charge in [0.15, 0.2) is 0 Å². The highest BCUT2D eigenvalue weighted by Gasteiger charge is 2.25. The van der Waals surface area contributed by atoms with Gasteiger partial charge in [0.2, 0.25) is 5.91 Å². The Morgan fingerprint density at radius 2 is 1.96 bits per heavy atom. The van der Waals surface area contributed by atoms with Crippen LogP contribution in [0.4, 0.5) is 0 Å². The fraction of sp³-hybridized carbons (Fsp3) is 0.474. The highest BCUT2D eigenvalue weighted by Crippen LogP contribution is 2.24. The average Bonchev–Trinajstić information content (AvgIpc) is 2.80. The molecular weight excluding hydrogens is 302 g/mol. The maximum atomic E-state index is 12.7. The third kappa shape index (κ3) is 3.78. The minimum absolute atomic E-state index is 0.0857. The Bertz CT molecular complexity index is 721. The molecule has 0 aliphatic carbocycles. The lowest BCUT2D eigenvalue weighted by molar-refractivity contribution is -0.131. The van der Waals surface area contributed by atoms with Crippen molar-refractivity contribution >= 4 is 5.91 Å². The van der Waals surface area contributed by atoms with Crippen LogP contribution in [0.3, 0.4) is 0 Å². The second-order valence-electron chi connectivity index (χ2n) is 6.30. The minimum Gasteiger partial charge on any atom is -0.491 e. The maximum absolute atomic E-state index is 12.7.